The molecule has 1 aliphatic rings. The molecule has 3 rings (SSSR count). The van der Waals surface area contributed by atoms with Gasteiger partial charge in [-0.25, -0.2) is 9.97 Å². The van der Waals surface area contributed by atoms with Crippen LogP contribution in [-0.4, -0.2) is 46.3 Å². The molecule has 0 radical (unpaired) electrons. The number of nitrogens with one attached hydrogen (secondary N) is 1. The maximum atomic E-state index is 12.3. The summed E-state index contributed by atoms with van der Waals surface area (Å²) in [5.74, 6) is 0.212. The van der Waals surface area contributed by atoms with Crippen LogP contribution >= 0.6 is 0 Å². The van der Waals surface area contributed by atoms with Crippen LogP contribution < -0.4 is 5.32 Å². The Morgan fingerprint density at radius 3 is 2.52 bits per heavy atom. The number of rotatable bonds is 2. The fourth-order valence-corrected chi connectivity index (χ4v) is 2.17. The topological polar surface area (TPSA) is 75.2 Å². The van der Waals surface area contributed by atoms with E-state index in [0.717, 1.165) is 5.56 Å². The molecule has 2 heterocycles. The van der Waals surface area contributed by atoms with Crippen molar-refractivity contribution >= 4 is 11.8 Å². The molecule has 1 aliphatic heterocycles. The standard InChI is InChI=1S/C15H14N4O2/c20-13-10-19(7-6-16-13)15(21)12-8-17-14(18-9-12)11-4-2-1-3-5-11/h1-5,8-9H,6-7,10H2,(H,16,20). The van der Waals surface area contributed by atoms with Crippen molar-refractivity contribution in [2.45, 2.75) is 0 Å². The van der Waals surface area contributed by atoms with Gasteiger partial charge >= 0.3 is 0 Å². The third kappa shape index (κ3) is 2.89. The monoisotopic (exact) mass is 282 g/mol. The summed E-state index contributed by atoms with van der Waals surface area (Å²) in [4.78, 5) is 33.5. The molecule has 6 nitrogen and oxygen atoms in total. The zero-order chi connectivity index (χ0) is 14.7. The molecule has 0 atom stereocenters. The first-order valence-electron chi connectivity index (χ1n) is 6.67. The van der Waals surface area contributed by atoms with Gasteiger partial charge in [0, 0.05) is 31.0 Å². The summed E-state index contributed by atoms with van der Waals surface area (Å²) in [6.45, 7) is 1.07. The minimum Gasteiger partial charge on any atom is -0.353 e. The van der Waals surface area contributed by atoms with E-state index in [1.54, 1.807) is 0 Å². The third-order valence-electron chi connectivity index (χ3n) is 3.26. The highest BCUT2D eigenvalue weighted by Crippen LogP contribution is 2.14. The number of amides is 2. The van der Waals surface area contributed by atoms with Crippen LogP contribution in [0.5, 0.6) is 0 Å². The second-order valence-electron chi connectivity index (χ2n) is 4.74. The summed E-state index contributed by atoms with van der Waals surface area (Å²) in [6.07, 6.45) is 3.01. The first-order valence-corrected chi connectivity index (χ1v) is 6.67. The van der Waals surface area contributed by atoms with Crippen LogP contribution in [0.2, 0.25) is 0 Å². The number of carbonyl (C=O) groups is 2. The molecule has 6 heteroatoms. The molecule has 1 aromatic heterocycles. The summed E-state index contributed by atoms with van der Waals surface area (Å²) in [6, 6.07) is 9.55. The van der Waals surface area contributed by atoms with Crippen molar-refractivity contribution < 1.29 is 9.59 Å². The lowest BCUT2D eigenvalue weighted by Gasteiger charge is -2.26. The Balaban J connectivity index is 1.78. The van der Waals surface area contributed by atoms with Crippen molar-refractivity contribution in [1.29, 1.82) is 0 Å². The molecule has 0 spiro atoms. The van der Waals surface area contributed by atoms with E-state index in [2.05, 4.69) is 15.3 Å². The van der Waals surface area contributed by atoms with Crippen molar-refractivity contribution in [2.24, 2.45) is 0 Å². The summed E-state index contributed by atoms with van der Waals surface area (Å²) in [5.41, 5.74) is 1.29. The van der Waals surface area contributed by atoms with Gasteiger partial charge in [-0.05, 0) is 0 Å². The first-order chi connectivity index (χ1) is 10.2. The molecule has 1 fully saturated rings. The highest BCUT2D eigenvalue weighted by molar-refractivity contribution is 5.96. The van der Waals surface area contributed by atoms with Gasteiger partial charge in [0.1, 0.15) is 0 Å². The van der Waals surface area contributed by atoms with Crippen molar-refractivity contribution in [3.63, 3.8) is 0 Å². The van der Waals surface area contributed by atoms with E-state index in [9.17, 15) is 9.59 Å². The summed E-state index contributed by atoms with van der Waals surface area (Å²) in [7, 11) is 0. The molecule has 1 N–H and O–H groups in total. The maximum absolute atomic E-state index is 12.3. The Morgan fingerprint density at radius 2 is 1.86 bits per heavy atom. The molecular formula is C15H14N4O2. The Hall–Kier alpha value is -2.76. The van der Waals surface area contributed by atoms with Crippen LogP contribution in [-0.2, 0) is 4.79 Å². The Labute approximate surface area is 121 Å². The lowest BCUT2D eigenvalue weighted by atomic mass is 10.2. The molecule has 1 aromatic carbocycles. The molecule has 0 bridgehead atoms. The number of nitrogens with zero attached hydrogens (tertiary/aromatic N) is 3. The van der Waals surface area contributed by atoms with Gasteiger partial charge in [-0.2, -0.15) is 0 Å². The van der Waals surface area contributed by atoms with Gasteiger partial charge in [-0.15, -0.1) is 0 Å². The average Bonchev–Trinajstić information content (AvgIpc) is 2.55. The predicted octanol–water partition coefficient (Wildman–Crippen LogP) is 0.716. The average molecular weight is 282 g/mol. The summed E-state index contributed by atoms with van der Waals surface area (Å²) < 4.78 is 0. The van der Waals surface area contributed by atoms with E-state index in [4.69, 9.17) is 0 Å². The highest BCUT2D eigenvalue weighted by atomic mass is 16.2. The van der Waals surface area contributed by atoms with Gasteiger partial charge < -0.3 is 10.2 Å². The zero-order valence-electron chi connectivity index (χ0n) is 11.3. The van der Waals surface area contributed by atoms with Crippen molar-refractivity contribution in [1.82, 2.24) is 20.2 Å². The van der Waals surface area contributed by atoms with Crippen LogP contribution in [0.3, 0.4) is 0 Å². The van der Waals surface area contributed by atoms with Crippen molar-refractivity contribution in [3.05, 3.63) is 48.3 Å². The van der Waals surface area contributed by atoms with Gasteiger partial charge in [0.2, 0.25) is 5.91 Å². The number of benzene rings is 1. The molecule has 21 heavy (non-hydrogen) atoms. The number of hydrogen-bond donors (Lipinski definition) is 1. The molecule has 2 aromatic rings. The lowest BCUT2D eigenvalue weighted by Crippen LogP contribution is -2.50. The number of hydrogen-bond acceptors (Lipinski definition) is 4. The van der Waals surface area contributed by atoms with Gasteiger partial charge in [-0.3, -0.25) is 9.59 Å². The fourth-order valence-electron chi connectivity index (χ4n) is 2.17. The molecular weight excluding hydrogens is 268 g/mol. The molecule has 0 unspecified atom stereocenters. The molecule has 0 saturated carbocycles. The van der Waals surface area contributed by atoms with Gasteiger partial charge in [0.25, 0.3) is 5.91 Å². The van der Waals surface area contributed by atoms with Gasteiger partial charge in [-0.1, -0.05) is 30.3 Å². The van der Waals surface area contributed by atoms with Crippen LogP contribution in [0.4, 0.5) is 0 Å². The predicted molar refractivity (Wildman–Crippen MR) is 76.4 cm³/mol. The van der Waals surface area contributed by atoms with Crippen molar-refractivity contribution in [3.8, 4) is 11.4 Å². The van der Waals surface area contributed by atoms with Crippen LogP contribution in [0.25, 0.3) is 11.4 Å². The minimum atomic E-state index is -0.218. The minimum absolute atomic E-state index is 0.0826. The molecule has 1 saturated heterocycles. The quantitative estimate of drug-likeness (QED) is 0.880. The molecule has 2 amide bonds. The van der Waals surface area contributed by atoms with Crippen LogP contribution in [0.1, 0.15) is 10.4 Å². The first kappa shape index (κ1) is 13.2. The number of piperazine rings is 1. The van der Waals surface area contributed by atoms with E-state index in [1.165, 1.54) is 17.3 Å². The van der Waals surface area contributed by atoms with E-state index >= 15 is 0 Å². The molecule has 0 aliphatic carbocycles. The fraction of sp³-hybridized carbons (Fsp3) is 0.200. The Morgan fingerprint density at radius 1 is 1.14 bits per heavy atom. The smallest absolute Gasteiger partial charge is 0.257 e. The maximum Gasteiger partial charge on any atom is 0.257 e. The van der Waals surface area contributed by atoms with Gasteiger partial charge in [0.05, 0.1) is 12.1 Å². The number of aromatic nitrogens is 2. The SMILES string of the molecule is O=C1CN(C(=O)c2cnc(-c3ccccc3)nc2)CCN1. The van der Waals surface area contributed by atoms with E-state index in [0.29, 0.717) is 24.5 Å². The zero-order valence-corrected chi connectivity index (χ0v) is 11.3. The van der Waals surface area contributed by atoms with Crippen LogP contribution in [0, 0.1) is 0 Å². The molecule has 106 valence electrons. The normalized spacial score (nSPS) is 14.7. The highest BCUT2D eigenvalue weighted by Gasteiger charge is 2.22. The van der Waals surface area contributed by atoms with E-state index in [1.807, 2.05) is 30.3 Å². The Bertz CT molecular complexity index is 655. The van der Waals surface area contributed by atoms with E-state index in [-0.39, 0.29) is 18.4 Å². The summed E-state index contributed by atoms with van der Waals surface area (Å²) >= 11 is 0. The second kappa shape index (κ2) is 5.70. The van der Waals surface area contributed by atoms with Crippen LogP contribution in [0.15, 0.2) is 42.7 Å². The number of carbonyl (C=O) groups excluding carboxylic acids is 2. The Kier molecular flexibility index (Phi) is 3.59. The lowest BCUT2D eigenvalue weighted by molar-refractivity contribution is -0.123. The largest absolute Gasteiger partial charge is 0.353 e. The second-order valence-corrected chi connectivity index (χ2v) is 4.74. The summed E-state index contributed by atoms with van der Waals surface area (Å²) in [5, 5.41) is 2.68. The van der Waals surface area contributed by atoms with Gasteiger partial charge in [0.15, 0.2) is 5.82 Å². The van der Waals surface area contributed by atoms with Crippen molar-refractivity contribution in [2.75, 3.05) is 19.6 Å². The third-order valence-corrected chi connectivity index (χ3v) is 3.26. The van der Waals surface area contributed by atoms with E-state index < -0.39 is 0 Å².